The molecule has 0 unspecified atom stereocenters. The van der Waals surface area contributed by atoms with Crippen LogP contribution < -0.4 is 4.74 Å². The molecule has 0 amide bonds. The molecule has 106 valence electrons. The number of ether oxygens (including phenoxy) is 1. The van der Waals surface area contributed by atoms with Crippen molar-refractivity contribution in [2.75, 3.05) is 7.11 Å². The Morgan fingerprint density at radius 1 is 1.24 bits per heavy atom. The van der Waals surface area contributed by atoms with E-state index in [-0.39, 0.29) is 11.6 Å². The van der Waals surface area contributed by atoms with Crippen molar-refractivity contribution < 1.29 is 14.4 Å². The number of rotatable bonds is 3. The number of nitrogens with zero attached hydrogens (tertiary/aromatic N) is 3. The Balaban J connectivity index is 2.03. The van der Waals surface area contributed by atoms with Crippen molar-refractivity contribution in [3.63, 3.8) is 0 Å². The lowest BCUT2D eigenvalue weighted by Gasteiger charge is -2.04. The van der Waals surface area contributed by atoms with Gasteiger partial charge in [-0.25, -0.2) is 0 Å². The van der Waals surface area contributed by atoms with Crippen molar-refractivity contribution in [2.45, 2.75) is 6.92 Å². The van der Waals surface area contributed by atoms with Crippen LogP contribution in [0.3, 0.4) is 0 Å². The molecule has 0 bridgehead atoms. The summed E-state index contributed by atoms with van der Waals surface area (Å²) in [5, 5.41) is 14.0. The van der Waals surface area contributed by atoms with Crippen LogP contribution in [-0.4, -0.2) is 27.3 Å². The predicted octanol–water partition coefficient (Wildman–Crippen LogP) is 2.82. The Morgan fingerprint density at radius 2 is 2.10 bits per heavy atom. The Labute approximate surface area is 121 Å². The summed E-state index contributed by atoms with van der Waals surface area (Å²) in [6.07, 6.45) is 1.68. The van der Waals surface area contributed by atoms with Gasteiger partial charge in [-0.05, 0) is 36.8 Å². The first kappa shape index (κ1) is 13.1. The maximum absolute atomic E-state index is 10.1. The fraction of sp³-hybridized carbons (Fsp3) is 0.133. The van der Waals surface area contributed by atoms with Gasteiger partial charge in [0.15, 0.2) is 11.5 Å². The highest BCUT2D eigenvalue weighted by Crippen LogP contribution is 2.36. The zero-order chi connectivity index (χ0) is 14.8. The lowest BCUT2D eigenvalue weighted by molar-refractivity contribution is 0.371. The highest BCUT2D eigenvalue weighted by Gasteiger charge is 2.17. The molecule has 1 aromatic carbocycles. The van der Waals surface area contributed by atoms with Gasteiger partial charge in [-0.15, -0.1) is 0 Å². The van der Waals surface area contributed by atoms with Crippen LogP contribution in [0, 0.1) is 6.92 Å². The van der Waals surface area contributed by atoms with Crippen LogP contribution in [-0.2, 0) is 0 Å². The molecule has 6 heteroatoms. The third kappa shape index (κ3) is 2.43. The molecule has 6 nitrogen and oxygen atoms in total. The van der Waals surface area contributed by atoms with Crippen LogP contribution in [0.4, 0.5) is 0 Å². The summed E-state index contributed by atoms with van der Waals surface area (Å²) in [4.78, 5) is 8.47. The van der Waals surface area contributed by atoms with Crippen LogP contribution in [0.25, 0.3) is 23.0 Å². The molecule has 0 atom stereocenters. The average Bonchev–Trinajstić information content (AvgIpc) is 2.97. The van der Waals surface area contributed by atoms with Crippen LogP contribution in [0.1, 0.15) is 5.56 Å². The molecule has 0 aliphatic rings. The van der Waals surface area contributed by atoms with Gasteiger partial charge in [-0.1, -0.05) is 11.2 Å². The zero-order valence-corrected chi connectivity index (χ0v) is 11.6. The SMILES string of the molecule is COc1cccc(-c2nc(-c3cc(C)ccn3)no2)c1O. The van der Waals surface area contributed by atoms with E-state index in [1.807, 2.05) is 19.1 Å². The number of phenolic OH excluding ortho intramolecular Hbond substituents is 1. The maximum Gasteiger partial charge on any atom is 0.262 e. The largest absolute Gasteiger partial charge is 0.504 e. The lowest BCUT2D eigenvalue weighted by Crippen LogP contribution is -1.88. The first-order valence-electron chi connectivity index (χ1n) is 6.32. The second-order valence-electron chi connectivity index (χ2n) is 4.50. The Kier molecular flexibility index (Phi) is 3.27. The normalized spacial score (nSPS) is 10.6. The van der Waals surface area contributed by atoms with Crippen molar-refractivity contribution in [3.8, 4) is 34.5 Å². The predicted molar refractivity (Wildman–Crippen MR) is 75.9 cm³/mol. The molecule has 0 spiro atoms. The third-order valence-electron chi connectivity index (χ3n) is 3.02. The fourth-order valence-corrected chi connectivity index (χ4v) is 1.95. The summed E-state index contributed by atoms with van der Waals surface area (Å²) >= 11 is 0. The van der Waals surface area contributed by atoms with Gasteiger partial charge in [0.2, 0.25) is 5.82 Å². The van der Waals surface area contributed by atoms with Crippen LogP contribution in [0.15, 0.2) is 41.1 Å². The van der Waals surface area contributed by atoms with Crippen LogP contribution in [0.2, 0.25) is 0 Å². The van der Waals surface area contributed by atoms with Crippen molar-refractivity contribution in [1.29, 1.82) is 0 Å². The summed E-state index contributed by atoms with van der Waals surface area (Å²) in [5.41, 5.74) is 2.09. The number of para-hydroxylation sites is 1. The van der Waals surface area contributed by atoms with Gasteiger partial charge in [0, 0.05) is 6.20 Å². The number of hydrogen-bond acceptors (Lipinski definition) is 6. The molecule has 1 N–H and O–H groups in total. The number of aryl methyl sites for hydroxylation is 1. The van der Waals surface area contributed by atoms with Crippen LogP contribution in [0.5, 0.6) is 11.5 Å². The first-order chi connectivity index (χ1) is 10.2. The number of hydrogen-bond donors (Lipinski definition) is 1. The molecule has 0 saturated heterocycles. The van der Waals surface area contributed by atoms with Crippen LogP contribution >= 0.6 is 0 Å². The third-order valence-corrected chi connectivity index (χ3v) is 3.02. The molecule has 21 heavy (non-hydrogen) atoms. The first-order valence-corrected chi connectivity index (χ1v) is 6.32. The molecule has 0 radical (unpaired) electrons. The average molecular weight is 283 g/mol. The number of methoxy groups -OCH3 is 1. The summed E-state index contributed by atoms with van der Waals surface area (Å²) < 4.78 is 10.3. The van der Waals surface area contributed by atoms with E-state index in [2.05, 4.69) is 15.1 Å². The van der Waals surface area contributed by atoms with Gasteiger partial charge in [0.1, 0.15) is 5.69 Å². The highest BCUT2D eigenvalue weighted by molar-refractivity contribution is 5.68. The molecule has 0 aliphatic heterocycles. The minimum Gasteiger partial charge on any atom is -0.504 e. The van der Waals surface area contributed by atoms with Crippen molar-refractivity contribution >= 4 is 0 Å². The minimum atomic E-state index is -0.0348. The van der Waals surface area contributed by atoms with E-state index in [1.54, 1.807) is 24.4 Å². The second-order valence-corrected chi connectivity index (χ2v) is 4.50. The Morgan fingerprint density at radius 3 is 2.86 bits per heavy atom. The Bertz CT molecular complexity index is 783. The number of benzene rings is 1. The van der Waals surface area contributed by atoms with Crippen molar-refractivity contribution in [3.05, 3.63) is 42.1 Å². The molecule has 0 aliphatic carbocycles. The van der Waals surface area contributed by atoms with Gasteiger partial charge >= 0.3 is 0 Å². The molecule has 2 heterocycles. The van der Waals surface area contributed by atoms with Crippen molar-refractivity contribution in [2.24, 2.45) is 0 Å². The molecular weight excluding hydrogens is 270 g/mol. The van der Waals surface area contributed by atoms with Gasteiger partial charge in [-0.2, -0.15) is 4.98 Å². The van der Waals surface area contributed by atoms with E-state index >= 15 is 0 Å². The number of phenols is 1. The second kappa shape index (κ2) is 5.24. The van der Waals surface area contributed by atoms with Gasteiger partial charge < -0.3 is 14.4 Å². The molecule has 0 saturated carbocycles. The molecule has 0 fully saturated rings. The summed E-state index contributed by atoms with van der Waals surface area (Å²) in [6.45, 7) is 1.96. The van der Waals surface area contributed by atoms with Gasteiger partial charge in [0.05, 0.1) is 12.7 Å². The maximum atomic E-state index is 10.1. The quantitative estimate of drug-likeness (QED) is 0.796. The van der Waals surface area contributed by atoms with E-state index < -0.39 is 0 Å². The lowest BCUT2D eigenvalue weighted by atomic mass is 10.2. The molecular formula is C15H13N3O3. The van der Waals surface area contributed by atoms with E-state index in [4.69, 9.17) is 9.26 Å². The van der Waals surface area contributed by atoms with E-state index in [1.165, 1.54) is 7.11 Å². The number of aromatic nitrogens is 3. The molecule has 3 aromatic rings. The fourth-order valence-electron chi connectivity index (χ4n) is 1.95. The molecule has 2 aromatic heterocycles. The topological polar surface area (TPSA) is 81.3 Å². The minimum absolute atomic E-state index is 0.0348. The number of pyridine rings is 1. The summed E-state index contributed by atoms with van der Waals surface area (Å²) in [5.74, 6) is 0.897. The van der Waals surface area contributed by atoms with E-state index in [0.717, 1.165) is 5.56 Å². The van der Waals surface area contributed by atoms with Crippen molar-refractivity contribution in [1.82, 2.24) is 15.1 Å². The molecule has 3 rings (SSSR count). The summed E-state index contributed by atoms with van der Waals surface area (Å²) in [7, 11) is 1.48. The monoisotopic (exact) mass is 283 g/mol. The zero-order valence-electron chi connectivity index (χ0n) is 11.6. The Hall–Kier alpha value is -2.89. The van der Waals surface area contributed by atoms with Gasteiger partial charge in [0.25, 0.3) is 5.89 Å². The van der Waals surface area contributed by atoms with E-state index in [0.29, 0.717) is 22.8 Å². The van der Waals surface area contributed by atoms with Gasteiger partial charge in [-0.3, -0.25) is 4.98 Å². The standard InChI is InChI=1S/C15H13N3O3/c1-9-6-7-16-11(8-9)14-17-15(21-18-14)10-4-3-5-12(20-2)13(10)19/h3-8,19H,1-2H3. The smallest absolute Gasteiger partial charge is 0.262 e. The highest BCUT2D eigenvalue weighted by atomic mass is 16.5. The summed E-state index contributed by atoms with van der Waals surface area (Å²) in [6, 6.07) is 8.82. The van der Waals surface area contributed by atoms with E-state index in [9.17, 15) is 5.11 Å². The number of aromatic hydroxyl groups is 1.